The molecular formula is C26H27FN2O3. The zero-order valence-corrected chi connectivity index (χ0v) is 18.3. The first-order valence-electron chi connectivity index (χ1n) is 10.5. The van der Waals surface area contributed by atoms with Crippen molar-refractivity contribution in [3.63, 3.8) is 0 Å². The van der Waals surface area contributed by atoms with E-state index in [0.29, 0.717) is 12.1 Å². The highest BCUT2D eigenvalue weighted by Crippen LogP contribution is 2.25. The van der Waals surface area contributed by atoms with Crippen LogP contribution in [0.2, 0.25) is 0 Å². The van der Waals surface area contributed by atoms with Crippen LogP contribution in [0.5, 0.6) is 5.75 Å². The zero-order valence-electron chi connectivity index (χ0n) is 18.3. The molecule has 0 aliphatic rings. The molecule has 0 aliphatic carbocycles. The predicted octanol–water partition coefficient (Wildman–Crippen LogP) is 4.63. The number of nitrogens with one attached hydrogen (secondary N) is 1. The summed E-state index contributed by atoms with van der Waals surface area (Å²) in [7, 11) is 1.60. The molecule has 0 bridgehead atoms. The van der Waals surface area contributed by atoms with Gasteiger partial charge < -0.3 is 15.0 Å². The van der Waals surface area contributed by atoms with Gasteiger partial charge in [0.2, 0.25) is 11.8 Å². The monoisotopic (exact) mass is 434 g/mol. The molecular weight excluding hydrogens is 407 g/mol. The average molecular weight is 435 g/mol. The summed E-state index contributed by atoms with van der Waals surface area (Å²) in [6, 6.07) is 21.8. The summed E-state index contributed by atoms with van der Waals surface area (Å²) in [5, 5.41) is 2.96. The van der Waals surface area contributed by atoms with E-state index in [1.54, 1.807) is 31.1 Å². The van der Waals surface area contributed by atoms with E-state index >= 15 is 0 Å². The van der Waals surface area contributed by atoms with Gasteiger partial charge in [0.05, 0.1) is 7.11 Å². The summed E-state index contributed by atoms with van der Waals surface area (Å²) in [6.45, 7) is 2.27. The summed E-state index contributed by atoms with van der Waals surface area (Å²) in [6.07, 6.45) is 0.246. The lowest BCUT2D eigenvalue weighted by Crippen LogP contribution is -2.43. The molecule has 32 heavy (non-hydrogen) atoms. The van der Waals surface area contributed by atoms with Gasteiger partial charge in [-0.15, -0.1) is 0 Å². The molecule has 0 radical (unpaired) electrons. The SMILES string of the molecule is CCC(=O)N(Cc1ccc(F)cc1)[C@H](C(=O)NCc1ccc(OC)cc1)c1ccccc1. The number of carbonyl (C=O) groups excluding carboxylic acids is 2. The van der Waals surface area contributed by atoms with Gasteiger partial charge in [-0.2, -0.15) is 0 Å². The van der Waals surface area contributed by atoms with Crippen molar-refractivity contribution in [1.82, 2.24) is 10.2 Å². The van der Waals surface area contributed by atoms with Crippen LogP contribution >= 0.6 is 0 Å². The molecule has 5 nitrogen and oxygen atoms in total. The molecule has 0 aliphatic heterocycles. The maximum absolute atomic E-state index is 13.4. The van der Waals surface area contributed by atoms with Gasteiger partial charge in [-0.3, -0.25) is 9.59 Å². The minimum atomic E-state index is -0.813. The van der Waals surface area contributed by atoms with E-state index in [4.69, 9.17) is 4.74 Å². The number of rotatable bonds is 9. The van der Waals surface area contributed by atoms with Crippen LogP contribution < -0.4 is 10.1 Å². The molecule has 2 amide bonds. The van der Waals surface area contributed by atoms with Crippen LogP contribution in [0.3, 0.4) is 0 Å². The van der Waals surface area contributed by atoms with E-state index in [0.717, 1.165) is 16.9 Å². The Balaban J connectivity index is 1.86. The molecule has 0 aromatic heterocycles. The van der Waals surface area contributed by atoms with E-state index in [9.17, 15) is 14.0 Å². The molecule has 0 heterocycles. The maximum atomic E-state index is 13.4. The molecule has 166 valence electrons. The maximum Gasteiger partial charge on any atom is 0.247 e. The Hall–Kier alpha value is -3.67. The van der Waals surface area contributed by atoms with Gasteiger partial charge in [-0.1, -0.05) is 61.5 Å². The Kier molecular flexibility index (Phi) is 7.97. The highest BCUT2D eigenvalue weighted by Gasteiger charge is 2.30. The van der Waals surface area contributed by atoms with Crippen LogP contribution in [-0.4, -0.2) is 23.8 Å². The molecule has 0 unspecified atom stereocenters. The van der Waals surface area contributed by atoms with Crippen LogP contribution in [-0.2, 0) is 22.7 Å². The summed E-state index contributed by atoms with van der Waals surface area (Å²) in [5.74, 6) is -0.0566. The molecule has 1 N–H and O–H groups in total. The van der Waals surface area contributed by atoms with Crippen molar-refractivity contribution < 1.29 is 18.7 Å². The lowest BCUT2D eigenvalue weighted by molar-refractivity contribution is -0.141. The Bertz CT molecular complexity index is 1020. The number of nitrogens with zero attached hydrogens (tertiary/aromatic N) is 1. The number of ether oxygens (including phenoxy) is 1. The minimum Gasteiger partial charge on any atom is -0.497 e. The van der Waals surface area contributed by atoms with Crippen molar-refractivity contribution in [1.29, 1.82) is 0 Å². The average Bonchev–Trinajstić information content (AvgIpc) is 2.84. The van der Waals surface area contributed by atoms with Gasteiger partial charge in [0, 0.05) is 19.5 Å². The van der Waals surface area contributed by atoms with Crippen molar-refractivity contribution in [2.75, 3.05) is 7.11 Å². The largest absolute Gasteiger partial charge is 0.497 e. The smallest absolute Gasteiger partial charge is 0.247 e. The third kappa shape index (κ3) is 5.94. The van der Waals surface area contributed by atoms with Crippen LogP contribution in [0.1, 0.15) is 36.1 Å². The second-order valence-electron chi connectivity index (χ2n) is 7.38. The van der Waals surface area contributed by atoms with E-state index in [-0.39, 0.29) is 30.6 Å². The Morgan fingerprint density at radius 1 is 0.938 bits per heavy atom. The van der Waals surface area contributed by atoms with Crippen LogP contribution in [0.25, 0.3) is 0 Å². The van der Waals surface area contributed by atoms with Crippen molar-refractivity contribution in [2.24, 2.45) is 0 Å². The number of carbonyl (C=O) groups is 2. The molecule has 1 atom stereocenters. The molecule has 0 saturated carbocycles. The highest BCUT2D eigenvalue weighted by molar-refractivity contribution is 5.88. The minimum absolute atomic E-state index is 0.164. The van der Waals surface area contributed by atoms with Gasteiger partial charge in [-0.25, -0.2) is 4.39 Å². The fourth-order valence-electron chi connectivity index (χ4n) is 3.45. The third-order valence-electron chi connectivity index (χ3n) is 5.19. The van der Waals surface area contributed by atoms with Crippen LogP contribution in [0.4, 0.5) is 4.39 Å². The lowest BCUT2D eigenvalue weighted by Gasteiger charge is -2.31. The van der Waals surface area contributed by atoms with Crippen molar-refractivity contribution >= 4 is 11.8 Å². The molecule has 0 saturated heterocycles. The number of methoxy groups -OCH3 is 1. The Morgan fingerprint density at radius 2 is 1.56 bits per heavy atom. The van der Waals surface area contributed by atoms with Crippen LogP contribution in [0.15, 0.2) is 78.9 Å². The first kappa shape index (κ1) is 23.0. The van der Waals surface area contributed by atoms with E-state index in [1.165, 1.54) is 12.1 Å². The second kappa shape index (κ2) is 11.1. The standard InChI is InChI=1S/C26H27FN2O3/c1-3-24(30)29(18-20-9-13-22(27)14-10-20)25(21-7-5-4-6-8-21)26(31)28-17-19-11-15-23(32-2)16-12-19/h4-16,25H,3,17-18H2,1-2H3,(H,28,31)/t25-/m0/s1. The fraction of sp³-hybridized carbons (Fsp3) is 0.231. The van der Waals surface area contributed by atoms with Gasteiger partial charge in [0.25, 0.3) is 0 Å². The molecule has 3 aromatic rings. The Labute approximate surface area is 187 Å². The molecule has 0 fully saturated rings. The van der Waals surface area contributed by atoms with E-state index in [1.807, 2.05) is 54.6 Å². The molecule has 6 heteroatoms. The zero-order chi connectivity index (χ0) is 22.9. The Morgan fingerprint density at radius 3 is 2.16 bits per heavy atom. The summed E-state index contributed by atoms with van der Waals surface area (Å²) in [5.41, 5.74) is 2.37. The lowest BCUT2D eigenvalue weighted by atomic mass is 10.0. The molecule has 3 aromatic carbocycles. The van der Waals surface area contributed by atoms with Crippen LogP contribution in [0, 0.1) is 5.82 Å². The van der Waals surface area contributed by atoms with Gasteiger partial charge in [0.1, 0.15) is 17.6 Å². The normalized spacial score (nSPS) is 11.5. The fourth-order valence-corrected chi connectivity index (χ4v) is 3.45. The predicted molar refractivity (Wildman–Crippen MR) is 121 cm³/mol. The van der Waals surface area contributed by atoms with Crippen molar-refractivity contribution in [2.45, 2.75) is 32.5 Å². The number of benzene rings is 3. The number of amides is 2. The quantitative estimate of drug-likeness (QED) is 0.534. The number of halogens is 1. The van der Waals surface area contributed by atoms with E-state index in [2.05, 4.69) is 5.32 Å². The topological polar surface area (TPSA) is 58.6 Å². The summed E-state index contributed by atoms with van der Waals surface area (Å²) in [4.78, 5) is 27.8. The summed E-state index contributed by atoms with van der Waals surface area (Å²) >= 11 is 0. The highest BCUT2D eigenvalue weighted by atomic mass is 19.1. The number of hydrogen-bond acceptors (Lipinski definition) is 3. The van der Waals surface area contributed by atoms with Crippen molar-refractivity contribution in [3.05, 3.63) is 101 Å². The van der Waals surface area contributed by atoms with Gasteiger partial charge in [-0.05, 0) is 41.0 Å². The second-order valence-corrected chi connectivity index (χ2v) is 7.38. The molecule has 3 rings (SSSR count). The van der Waals surface area contributed by atoms with Gasteiger partial charge >= 0.3 is 0 Å². The third-order valence-corrected chi connectivity index (χ3v) is 5.19. The summed E-state index contributed by atoms with van der Waals surface area (Å²) < 4.78 is 18.5. The van der Waals surface area contributed by atoms with Crippen molar-refractivity contribution in [3.8, 4) is 5.75 Å². The number of hydrogen-bond donors (Lipinski definition) is 1. The first-order valence-corrected chi connectivity index (χ1v) is 10.5. The van der Waals surface area contributed by atoms with E-state index < -0.39 is 6.04 Å². The first-order chi connectivity index (χ1) is 15.5. The molecule has 0 spiro atoms. The van der Waals surface area contributed by atoms with Gasteiger partial charge in [0.15, 0.2) is 0 Å².